The topological polar surface area (TPSA) is 61.8 Å². The minimum absolute atomic E-state index is 0.0504. The molecule has 4 nitrogen and oxygen atoms in total. The molecule has 1 heterocycles. The maximum absolute atomic E-state index is 8.90. The van der Waals surface area contributed by atoms with Gasteiger partial charge in [-0.25, -0.2) is 4.98 Å². The summed E-state index contributed by atoms with van der Waals surface area (Å²) in [5, 5.41) is 15.8. The number of rotatable bonds is 2. The molecule has 2 N–H and O–H groups in total. The van der Waals surface area contributed by atoms with Crippen molar-refractivity contribution in [2.24, 2.45) is 5.41 Å². The number of aromatic amines is 1. The summed E-state index contributed by atoms with van der Waals surface area (Å²) in [5.41, 5.74) is 0.479. The molecule has 0 atom stereocenters. The summed E-state index contributed by atoms with van der Waals surface area (Å²) in [6.45, 7) is 4.59. The fraction of sp³-hybridized carbons (Fsp3) is 0.818. The Balaban J connectivity index is 2.01. The highest BCUT2D eigenvalue weighted by molar-refractivity contribution is 5.00. The van der Waals surface area contributed by atoms with Crippen LogP contribution in [0.2, 0.25) is 0 Å². The largest absolute Gasteiger partial charge is 0.388 e. The quantitative estimate of drug-likeness (QED) is 0.783. The van der Waals surface area contributed by atoms with E-state index in [2.05, 4.69) is 29.0 Å². The average Bonchev–Trinajstić information content (AvgIpc) is 2.66. The monoisotopic (exact) mass is 209 g/mol. The summed E-state index contributed by atoms with van der Waals surface area (Å²) < 4.78 is 0. The van der Waals surface area contributed by atoms with E-state index >= 15 is 0 Å². The Morgan fingerprint density at radius 3 is 2.60 bits per heavy atom. The van der Waals surface area contributed by atoms with Gasteiger partial charge in [-0.05, 0) is 31.1 Å². The molecule has 4 heteroatoms. The lowest BCUT2D eigenvalue weighted by atomic mass is 9.73. The predicted octanol–water partition coefficient (Wildman–Crippen LogP) is 1.98. The van der Waals surface area contributed by atoms with Crippen molar-refractivity contribution in [3.05, 3.63) is 11.6 Å². The highest BCUT2D eigenvalue weighted by atomic mass is 16.3. The molecule has 0 aromatic carbocycles. The molecule has 15 heavy (non-hydrogen) atoms. The molecular weight excluding hydrogens is 190 g/mol. The Morgan fingerprint density at radius 2 is 2.07 bits per heavy atom. The van der Waals surface area contributed by atoms with Crippen LogP contribution in [-0.2, 0) is 6.61 Å². The number of hydrogen-bond donors (Lipinski definition) is 2. The van der Waals surface area contributed by atoms with Crippen molar-refractivity contribution in [2.45, 2.75) is 52.1 Å². The molecule has 2 rings (SSSR count). The normalized spacial score (nSPS) is 21.8. The van der Waals surface area contributed by atoms with E-state index in [-0.39, 0.29) is 6.61 Å². The van der Waals surface area contributed by atoms with Crippen LogP contribution in [0.5, 0.6) is 0 Å². The summed E-state index contributed by atoms with van der Waals surface area (Å²) in [5.74, 6) is 1.94. The van der Waals surface area contributed by atoms with Gasteiger partial charge in [0.1, 0.15) is 12.4 Å². The zero-order valence-corrected chi connectivity index (χ0v) is 9.45. The van der Waals surface area contributed by atoms with Crippen LogP contribution in [0.3, 0.4) is 0 Å². The molecule has 0 spiro atoms. The minimum atomic E-state index is -0.0504. The second-order valence-electron chi connectivity index (χ2n) is 5.24. The van der Waals surface area contributed by atoms with Crippen LogP contribution in [0.25, 0.3) is 0 Å². The lowest BCUT2D eigenvalue weighted by molar-refractivity contribution is 0.220. The first kappa shape index (κ1) is 10.6. The van der Waals surface area contributed by atoms with Gasteiger partial charge >= 0.3 is 0 Å². The summed E-state index contributed by atoms with van der Waals surface area (Å²) in [6, 6.07) is 0. The van der Waals surface area contributed by atoms with Crippen molar-refractivity contribution >= 4 is 0 Å². The van der Waals surface area contributed by atoms with Crippen LogP contribution in [-0.4, -0.2) is 20.3 Å². The van der Waals surface area contributed by atoms with Gasteiger partial charge in [0.25, 0.3) is 0 Å². The van der Waals surface area contributed by atoms with Crippen molar-refractivity contribution in [1.29, 1.82) is 0 Å². The molecule has 0 bridgehead atoms. The molecule has 0 aliphatic heterocycles. The molecule has 84 valence electrons. The number of aromatic nitrogens is 3. The smallest absolute Gasteiger partial charge is 0.153 e. The second-order valence-corrected chi connectivity index (χ2v) is 5.24. The van der Waals surface area contributed by atoms with Gasteiger partial charge in [-0.15, -0.1) is 0 Å². The Bertz CT molecular complexity index is 322. The van der Waals surface area contributed by atoms with Crippen LogP contribution in [0.1, 0.15) is 57.1 Å². The third-order valence-electron chi connectivity index (χ3n) is 3.40. The summed E-state index contributed by atoms with van der Waals surface area (Å²) in [6.07, 6.45) is 4.80. The van der Waals surface area contributed by atoms with Crippen LogP contribution >= 0.6 is 0 Å². The third kappa shape index (κ3) is 2.37. The Hall–Kier alpha value is -0.900. The molecule has 0 unspecified atom stereocenters. The first-order chi connectivity index (χ1) is 7.11. The minimum Gasteiger partial charge on any atom is -0.388 e. The van der Waals surface area contributed by atoms with E-state index in [9.17, 15) is 0 Å². The van der Waals surface area contributed by atoms with Gasteiger partial charge in [0.05, 0.1) is 0 Å². The molecule has 1 saturated carbocycles. The third-order valence-corrected chi connectivity index (χ3v) is 3.40. The Morgan fingerprint density at radius 1 is 1.40 bits per heavy atom. The van der Waals surface area contributed by atoms with E-state index in [0.29, 0.717) is 17.2 Å². The van der Waals surface area contributed by atoms with E-state index in [4.69, 9.17) is 5.11 Å². The van der Waals surface area contributed by atoms with E-state index < -0.39 is 0 Å². The molecule has 0 radical (unpaired) electrons. The number of H-pyrrole nitrogens is 1. The van der Waals surface area contributed by atoms with Crippen molar-refractivity contribution in [2.75, 3.05) is 0 Å². The predicted molar refractivity (Wildman–Crippen MR) is 57.3 cm³/mol. The van der Waals surface area contributed by atoms with E-state index in [0.717, 1.165) is 18.7 Å². The molecule has 0 saturated heterocycles. The van der Waals surface area contributed by atoms with Crippen LogP contribution in [0.15, 0.2) is 0 Å². The maximum Gasteiger partial charge on any atom is 0.153 e. The second kappa shape index (κ2) is 3.93. The van der Waals surface area contributed by atoms with Gasteiger partial charge in [0.15, 0.2) is 5.82 Å². The number of nitrogens with one attached hydrogen (secondary N) is 1. The zero-order chi connectivity index (χ0) is 10.9. The molecule has 1 fully saturated rings. The first-order valence-corrected chi connectivity index (χ1v) is 5.63. The fourth-order valence-corrected chi connectivity index (χ4v) is 2.22. The number of nitrogens with zero attached hydrogens (tertiary/aromatic N) is 2. The number of aliphatic hydroxyl groups is 1. The van der Waals surface area contributed by atoms with Gasteiger partial charge in [-0.2, -0.15) is 5.10 Å². The van der Waals surface area contributed by atoms with Crippen LogP contribution < -0.4 is 0 Å². The molecule has 0 amide bonds. The fourth-order valence-electron chi connectivity index (χ4n) is 2.22. The molecule has 1 aliphatic rings. The van der Waals surface area contributed by atoms with Crippen molar-refractivity contribution < 1.29 is 5.11 Å². The van der Waals surface area contributed by atoms with Gasteiger partial charge in [0, 0.05) is 5.92 Å². The van der Waals surface area contributed by atoms with Crippen LogP contribution in [0, 0.1) is 5.41 Å². The molecule has 1 aromatic heterocycles. The molecule has 1 aliphatic carbocycles. The lowest BCUT2D eigenvalue weighted by Gasteiger charge is -2.33. The summed E-state index contributed by atoms with van der Waals surface area (Å²) in [4.78, 5) is 4.28. The van der Waals surface area contributed by atoms with E-state index in [1.54, 1.807) is 0 Å². The molecule has 1 aromatic rings. The van der Waals surface area contributed by atoms with Crippen molar-refractivity contribution in [1.82, 2.24) is 15.2 Å². The maximum atomic E-state index is 8.90. The average molecular weight is 209 g/mol. The Labute approximate surface area is 90.1 Å². The number of hydrogen-bond acceptors (Lipinski definition) is 3. The number of aliphatic hydroxyl groups excluding tert-OH is 1. The van der Waals surface area contributed by atoms with E-state index in [1.165, 1.54) is 12.8 Å². The first-order valence-electron chi connectivity index (χ1n) is 5.63. The summed E-state index contributed by atoms with van der Waals surface area (Å²) in [7, 11) is 0. The highest BCUT2D eigenvalue weighted by Crippen LogP contribution is 2.41. The van der Waals surface area contributed by atoms with Gasteiger partial charge in [-0.1, -0.05) is 13.8 Å². The zero-order valence-electron chi connectivity index (χ0n) is 9.45. The highest BCUT2D eigenvalue weighted by Gasteiger charge is 2.29. The van der Waals surface area contributed by atoms with Gasteiger partial charge < -0.3 is 5.11 Å². The lowest BCUT2D eigenvalue weighted by Crippen LogP contribution is -2.20. The standard InChI is InChI=1S/C11H19N3O/c1-11(2)5-3-8(4-6-11)10-12-9(7-15)13-14-10/h8,15H,3-7H2,1-2H3,(H,12,13,14). The van der Waals surface area contributed by atoms with Crippen molar-refractivity contribution in [3.63, 3.8) is 0 Å². The van der Waals surface area contributed by atoms with Crippen LogP contribution in [0.4, 0.5) is 0 Å². The van der Waals surface area contributed by atoms with Gasteiger partial charge in [-0.3, -0.25) is 5.10 Å². The summed E-state index contributed by atoms with van der Waals surface area (Å²) >= 11 is 0. The SMILES string of the molecule is CC1(C)CCC(c2n[nH]c(CO)n2)CC1. The Kier molecular flexibility index (Phi) is 2.78. The van der Waals surface area contributed by atoms with Crippen molar-refractivity contribution in [3.8, 4) is 0 Å². The molecular formula is C11H19N3O. The van der Waals surface area contributed by atoms with Gasteiger partial charge in [0.2, 0.25) is 0 Å². The van der Waals surface area contributed by atoms with E-state index in [1.807, 2.05) is 0 Å².